The van der Waals surface area contributed by atoms with Gasteiger partial charge in [-0.3, -0.25) is 4.79 Å². The van der Waals surface area contributed by atoms with Gasteiger partial charge in [0.2, 0.25) is 5.91 Å². The standard InChI is InChI=1S/C15H28N4O2S.C2HF3O2/c16-8-4-1-5-9-17-13(20)7-3-2-6-12-14-11(10-22-12)18-15(21)19-14;3-2(4,5)1(6)7/h11-12,14H,1-10,16H2,(H,17,20)(H2,18,19,21);(H,6,7)/t11-,12-,14-;/m0./s1. The van der Waals surface area contributed by atoms with Gasteiger partial charge in [-0.15, -0.1) is 0 Å². The quantitative estimate of drug-likeness (QED) is 0.258. The van der Waals surface area contributed by atoms with Crippen LogP contribution in [0.4, 0.5) is 18.0 Å². The predicted octanol–water partition coefficient (Wildman–Crippen LogP) is 1.59. The van der Waals surface area contributed by atoms with Crippen molar-refractivity contribution in [2.24, 2.45) is 5.73 Å². The largest absolute Gasteiger partial charge is 0.490 e. The number of hydrogen-bond acceptors (Lipinski definition) is 5. The molecule has 168 valence electrons. The van der Waals surface area contributed by atoms with Gasteiger partial charge in [0.25, 0.3) is 0 Å². The van der Waals surface area contributed by atoms with Crippen LogP contribution in [0.15, 0.2) is 0 Å². The van der Waals surface area contributed by atoms with Crippen LogP contribution >= 0.6 is 11.8 Å². The number of alkyl halides is 3. The summed E-state index contributed by atoms with van der Waals surface area (Å²) in [6.07, 6.45) is 1.67. The lowest BCUT2D eigenvalue weighted by Gasteiger charge is -2.16. The maximum absolute atomic E-state index is 11.7. The average molecular weight is 443 g/mol. The molecule has 0 radical (unpaired) electrons. The van der Waals surface area contributed by atoms with Crippen molar-refractivity contribution in [1.82, 2.24) is 16.0 Å². The molecule has 0 aromatic carbocycles. The molecule has 0 unspecified atom stereocenters. The van der Waals surface area contributed by atoms with Gasteiger partial charge in [0.15, 0.2) is 0 Å². The smallest absolute Gasteiger partial charge is 0.475 e. The highest BCUT2D eigenvalue weighted by atomic mass is 32.2. The fourth-order valence-corrected chi connectivity index (χ4v) is 4.58. The van der Waals surface area contributed by atoms with E-state index in [1.54, 1.807) is 0 Å². The molecule has 0 spiro atoms. The summed E-state index contributed by atoms with van der Waals surface area (Å²) in [6.45, 7) is 1.49. The molecule has 2 fully saturated rings. The number of thioether (sulfide) groups is 1. The zero-order valence-corrected chi connectivity index (χ0v) is 16.9. The first-order chi connectivity index (χ1) is 13.6. The number of nitrogens with one attached hydrogen (secondary N) is 3. The zero-order valence-electron chi connectivity index (χ0n) is 16.1. The normalized spacial score (nSPS) is 22.8. The average Bonchev–Trinajstić information content (AvgIpc) is 3.17. The van der Waals surface area contributed by atoms with Crippen molar-refractivity contribution in [3.05, 3.63) is 0 Å². The molecule has 12 heteroatoms. The Balaban J connectivity index is 0.000000516. The molecule has 2 aliphatic heterocycles. The molecule has 0 aromatic rings. The summed E-state index contributed by atoms with van der Waals surface area (Å²) in [5, 5.41) is 16.5. The first kappa shape index (κ1) is 25.3. The van der Waals surface area contributed by atoms with Gasteiger partial charge < -0.3 is 26.8 Å². The molecule has 0 bridgehead atoms. The minimum Gasteiger partial charge on any atom is -0.475 e. The van der Waals surface area contributed by atoms with Gasteiger partial charge in [-0.2, -0.15) is 24.9 Å². The van der Waals surface area contributed by atoms with Crippen molar-refractivity contribution < 1.29 is 32.7 Å². The molecular weight excluding hydrogens is 413 g/mol. The van der Waals surface area contributed by atoms with E-state index in [2.05, 4.69) is 16.0 Å². The van der Waals surface area contributed by atoms with Gasteiger partial charge in [0.05, 0.1) is 12.1 Å². The van der Waals surface area contributed by atoms with Crippen molar-refractivity contribution in [3.63, 3.8) is 0 Å². The van der Waals surface area contributed by atoms with Crippen molar-refractivity contribution in [2.45, 2.75) is 68.5 Å². The summed E-state index contributed by atoms with van der Waals surface area (Å²) in [4.78, 5) is 31.9. The number of nitrogens with two attached hydrogens (primary N) is 1. The second-order valence-corrected chi connectivity index (χ2v) is 8.14. The molecule has 6 N–H and O–H groups in total. The molecule has 2 aliphatic rings. The number of rotatable bonds is 10. The van der Waals surface area contributed by atoms with E-state index in [-0.39, 0.29) is 18.0 Å². The van der Waals surface area contributed by atoms with E-state index in [0.29, 0.717) is 17.7 Å². The number of fused-ring (bicyclic) bond motifs is 1. The minimum absolute atomic E-state index is 0.0330. The van der Waals surface area contributed by atoms with E-state index in [9.17, 15) is 22.8 Å². The molecule has 0 aliphatic carbocycles. The fourth-order valence-electron chi connectivity index (χ4n) is 3.04. The summed E-state index contributed by atoms with van der Waals surface area (Å²) < 4.78 is 31.7. The van der Waals surface area contributed by atoms with Crippen molar-refractivity contribution >= 4 is 29.7 Å². The van der Waals surface area contributed by atoms with E-state index < -0.39 is 12.1 Å². The Morgan fingerprint density at radius 3 is 2.48 bits per heavy atom. The van der Waals surface area contributed by atoms with Gasteiger partial charge in [-0.05, 0) is 32.2 Å². The summed E-state index contributed by atoms with van der Waals surface area (Å²) in [5.41, 5.74) is 5.43. The van der Waals surface area contributed by atoms with Crippen molar-refractivity contribution in [2.75, 3.05) is 18.8 Å². The fraction of sp³-hybridized carbons (Fsp3) is 0.824. The molecular formula is C17H29F3N4O4S. The Morgan fingerprint density at radius 2 is 1.86 bits per heavy atom. The number of urea groups is 1. The Labute approximate surface area is 171 Å². The molecule has 2 heterocycles. The van der Waals surface area contributed by atoms with E-state index in [1.165, 1.54) is 0 Å². The highest BCUT2D eigenvalue weighted by molar-refractivity contribution is 8.00. The predicted molar refractivity (Wildman–Crippen MR) is 104 cm³/mol. The lowest BCUT2D eigenvalue weighted by molar-refractivity contribution is -0.192. The maximum Gasteiger partial charge on any atom is 0.490 e. The van der Waals surface area contributed by atoms with Crippen molar-refractivity contribution in [1.29, 1.82) is 0 Å². The Hall–Kier alpha value is -1.69. The molecule has 0 saturated carbocycles. The van der Waals surface area contributed by atoms with Crippen LogP contribution in [0, 0.1) is 0 Å². The summed E-state index contributed by atoms with van der Waals surface area (Å²) in [7, 11) is 0. The lowest BCUT2D eigenvalue weighted by atomic mass is 10.0. The summed E-state index contributed by atoms with van der Waals surface area (Å²) in [6, 6.07) is 0.530. The van der Waals surface area contributed by atoms with Crippen LogP contribution in [0.2, 0.25) is 0 Å². The Bertz CT molecular complexity index is 551. The number of carbonyl (C=O) groups excluding carboxylic acids is 2. The van der Waals surface area contributed by atoms with Gasteiger partial charge in [0.1, 0.15) is 0 Å². The van der Waals surface area contributed by atoms with E-state index >= 15 is 0 Å². The van der Waals surface area contributed by atoms with Gasteiger partial charge in [-0.1, -0.05) is 12.8 Å². The number of aliphatic carboxylic acids is 1. The molecule has 3 atom stereocenters. The van der Waals surface area contributed by atoms with Crippen LogP contribution in [0.5, 0.6) is 0 Å². The zero-order chi connectivity index (χ0) is 21.9. The number of carboxylic acid groups (broad SMARTS) is 1. The van der Waals surface area contributed by atoms with Crippen LogP contribution in [-0.4, -0.2) is 65.4 Å². The lowest BCUT2D eigenvalue weighted by Crippen LogP contribution is -2.36. The minimum atomic E-state index is -5.08. The van der Waals surface area contributed by atoms with Gasteiger partial charge in [0, 0.05) is 24.0 Å². The number of unbranched alkanes of at least 4 members (excludes halogenated alkanes) is 3. The third-order valence-electron chi connectivity index (χ3n) is 4.53. The Morgan fingerprint density at radius 1 is 1.17 bits per heavy atom. The first-order valence-electron chi connectivity index (χ1n) is 9.60. The van der Waals surface area contributed by atoms with Gasteiger partial charge >= 0.3 is 18.2 Å². The summed E-state index contributed by atoms with van der Waals surface area (Å²) in [5.74, 6) is -1.61. The highest BCUT2D eigenvalue weighted by Gasteiger charge is 2.42. The third kappa shape index (κ3) is 10.1. The highest BCUT2D eigenvalue weighted by Crippen LogP contribution is 2.33. The van der Waals surface area contributed by atoms with Crippen LogP contribution in [0.3, 0.4) is 0 Å². The van der Waals surface area contributed by atoms with Crippen LogP contribution < -0.4 is 21.7 Å². The number of carboxylic acids is 1. The van der Waals surface area contributed by atoms with Crippen LogP contribution in [0.25, 0.3) is 0 Å². The first-order valence-corrected chi connectivity index (χ1v) is 10.7. The van der Waals surface area contributed by atoms with E-state index in [4.69, 9.17) is 15.6 Å². The number of carbonyl (C=O) groups is 3. The third-order valence-corrected chi connectivity index (χ3v) is 6.03. The van der Waals surface area contributed by atoms with E-state index in [1.807, 2.05) is 11.8 Å². The summed E-state index contributed by atoms with van der Waals surface area (Å²) >= 11 is 1.93. The molecule has 2 saturated heterocycles. The molecule has 29 heavy (non-hydrogen) atoms. The number of amides is 3. The van der Waals surface area contributed by atoms with Crippen molar-refractivity contribution in [3.8, 4) is 0 Å². The topological polar surface area (TPSA) is 134 Å². The SMILES string of the molecule is NCCCCCNC(=O)CCCC[C@@H]1SC[C@@H]2NC(=O)N[C@@H]21.O=C(O)C(F)(F)F. The molecule has 0 aromatic heterocycles. The molecule has 2 rings (SSSR count). The number of halogens is 3. The monoisotopic (exact) mass is 442 g/mol. The second kappa shape index (κ2) is 12.8. The maximum atomic E-state index is 11.7. The second-order valence-electron chi connectivity index (χ2n) is 6.87. The molecule has 8 nitrogen and oxygen atoms in total. The molecule has 3 amide bonds. The van der Waals surface area contributed by atoms with E-state index in [0.717, 1.165) is 57.4 Å². The van der Waals surface area contributed by atoms with Crippen LogP contribution in [0.1, 0.15) is 44.9 Å². The van der Waals surface area contributed by atoms with Gasteiger partial charge in [-0.25, -0.2) is 9.59 Å². The Kier molecular flexibility index (Phi) is 11.2. The van der Waals surface area contributed by atoms with Crippen LogP contribution in [-0.2, 0) is 9.59 Å². The number of hydrogen-bond donors (Lipinski definition) is 5.